The number of nitrogens with zero attached hydrogens (tertiary/aromatic N) is 3. The molecule has 8 nitrogen and oxygen atoms in total. The first-order valence-corrected chi connectivity index (χ1v) is 11.1. The number of carbonyl (C=O) groups excluding carboxylic acids is 1. The van der Waals surface area contributed by atoms with Crippen LogP contribution < -0.4 is 9.64 Å². The van der Waals surface area contributed by atoms with E-state index in [0.29, 0.717) is 36.9 Å². The average molecular weight is 428 g/mol. The molecular weight excluding hydrogens is 398 g/mol. The zero-order valence-corrected chi connectivity index (χ0v) is 17.8. The fraction of sp³-hybridized carbons (Fsp3) is 0.565. The van der Waals surface area contributed by atoms with Crippen LogP contribution in [-0.4, -0.2) is 72.7 Å². The predicted molar refractivity (Wildman–Crippen MR) is 113 cm³/mol. The number of aromatic nitrogens is 1. The van der Waals surface area contributed by atoms with E-state index in [2.05, 4.69) is 16.1 Å². The van der Waals surface area contributed by atoms with Gasteiger partial charge in [-0.3, -0.25) is 4.79 Å². The van der Waals surface area contributed by atoms with E-state index < -0.39 is 6.10 Å². The SMILES string of the molecule is Cc1cc(C(=O)N2C[C@H]3C[C@@H](Oc4cccc(N5CCOCC5)c4)[C@H](O)C[C@H]3C2)no1. The normalized spacial score (nSPS) is 28.5. The van der Waals surface area contributed by atoms with Gasteiger partial charge in [0, 0.05) is 44.0 Å². The van der Waals surface area contributed by atoms with Crippen LogP contribution in [0.4, 0.5) is 5.69 Å². The molecule has 0 bridgehead atoms. The molecule has 2 aliphatic heterocycles. The van der Waals surface area contributed by atoms with Crippen LogP contribution in [0, 0.1) is 18.8 Å². The zero-order valence-electron chi connectivity index (χ0n) is 17.8. The molecule has 1 aromatic carbocycles. The minimum atomic E-state index is -0.544. The highest BCUT2D eigenvalue weighted by Gasteiger charge is 2.44. The first-order chi connectivity index (χ1) is 15.1. The summed E-state index contributed by atoms with van der Waals surface area (Å²) in [5.41, 5.74) is 1.47. The van der Waals surface area contributed by atoms with Crippen molar-refractivity contribution in [1.82, 2.24) is 10.1 Å². The Bertz CT molecular complexity index is 925. The van der Waals surface area contributed by atoms with Crippen LogP contribution in [0.25, 0.3) is 0 Å². The number of aliphatic hydroxyl groups is 1. The lowest BCUT2D eigenvalue weighted by molar-refractivity contribution is -0.0231. The maximum absolute atomic E-state index is 12.7. The number of carbonyl (C=O) groups is 1. The van der Waals surface area contributed by atoms with Crippen molar-refractivity contribution in [2.75, 3.05) is 44.3 Å². The monoisotopic (exact) mass is 427 g/mol. The standard InChI is InChI=1S/C23H29N3O5/c1-15-9-20(24-31-15)23(28)26-13-16-10-21(27)22(11-17(16)14-26)30-19-4-2-3-18(12-19)25-5-7-29-8-6-25/h2-4,9,12,16-17,21-22,27H,5-8,10-11,13-14H2,1H3/t16-,17+,21+,22+/m0/s1. The lowest BCUT2D eigenvalue weighted by atomic mass is 9.78. The highest BCUT2D eigenvalue weighted by atomic mass is 16.5. The van der Waals surface area contributed by atoms with Crippen molar-refractivity contribution in [3.05, 3.63) is 41.8 Å². The van der Waals surface area contributed by atoms with E-state index in [0.717, 1.165) is 44.2 Å². The molecule has 3 heterocycles. The number of aryl methyl sites for hydroxylation is 1. The highest BCUT2D eigenvalue weighted by molar-refractivity contribution is 5.92. The van der Waals surface area contributed by atoms with Crippen LogP contribution >= 0.6 is 0 Å². The summed E-state index contributed by atoms with van der Waals surface area (Å²) in [6.07, 6.45) is 0.554. The van der Waals surface area contributed by atoms with E-state index in [9.17, 15) is 9.90 Å². The number of hydrogen-bond donors (Lipinski definition) is 1. The molecule has 31 heavy (non-hydrogen) atoms. The fourth-order valence-electron chi connectivity index (χ4n) is 5.06. The molecular formula is C23H29N3O5. The maximum Gasteiger partial charge on any atom is 0.276 e. The van der Waals surface area contributed by atoms with Gasteiger partial charge in [-0.05, 0) is 43.7 Å². The third-order valence-corrected chi connectivity index (χ3v) is 6.70. The third kappa shape index (κ3) is 4.27. The van der Waals surface area contributed by atoms with Gasteiger partial charge in [0.15, 0.2) is 5.69 Å². The molecule has 1 amide bonds. The van der Waals surface area contributed by atoms with Gasteiger partial charge in [-0.15, -0.1) is 0 Å². The van der Waals surface area contributed by atoms with E-state index in [1.807, 2.05) is 23.1 Å². The number of rotatable bonds is 4. The topological polar surface area (TPSA) is 88.3 Å². The van der Waals surface area contributed by atoms with Crippen molar-refractivity contribution >= 4 is 11.6 Å². The second kappa shape index (κ2) is 8.51. The molecule has 0 radical (unpaired) electrons. The Kier molecular flexibility index (Phi) is 5.58. The molecule has 4 atom stereocenters. The minimum absolute atomic E-state index is 0.101. The molecule has 1 saturated carbocycles. The Labute approximate surface area is 181 Å². The molecule has 0 spiro atoms. The van der Waals surface area contributed by atoms with Crippen LogP contribution in [0.1, 0.15) is 29.1 Å². The number of ether oxygens (including phenoxy) is 2. The Hall–Kier alpha value is -2.58. The number of fused-ring (bicyclic) bond motifs is 1. The molecule has 1 aromatic heterocycles. The lowest BCUT2D eigenvalue weighted by Gasteiger charge is -2.35. The van der Waals surface area contributed by atoms with E-state index in [4.69, 9.17) is 14.0 Å². The number of aliphatic hydroxyl groups excluding tert-OH is 1. The first kappa shape index (κ1) is 20.3. The first-order valence-electron chi connectivity index (χ1n) is 11.1. The molecule has 166 valence electrons. The smallest absolute Gasteiger partial charge is 0.276 e. The number of anilines is 1. The molecule has 3 fully saturated rings. The molecule has 5 rings (SSSR count). The highest BCUT2D eigenvalue weighted by Crippen LogP contribution is 2.38. The summed E-state index contributed by atoms with van der Waals surface area (Å²) >= 11 is 0. The summed E-state index contributed by atoms with van der Waals surface area (Å²) in [5.74, 6) is 1.90. The van der Waals surface area contributed by atoms with Gasteiger partial charge in [0.25, 0.3) is 5.91 Å². The van der Waals surface area contributed by atoms with Crippen molar-refractivity contribution in [3.63, 3.8) is 0 Å². The molecule has 2 aromatic rings. The van der Waals surface area contributed by atoms with E-state index in [1.54, 1.807) is 13.0 Å². The third-order valence-electron chi connectivity index (χ3n) is 6.70. The van der Waals surface area contributed by atoms with Gasteiger partial charge < -0.3 is 28.9 Å². The Morgan fingerprint density at radius 2 is 1.94 bits per heavy atom. The summed E-state index contributed by atoms with van der Waals surface area (Å²) in [6, 6.07) is 9.74. The fourth-order valence-corrected chi connectivity index (χ4v) is 5.06. The van der Waals surface area contributed by atoms with Crippen LogP contribution in [0.15, 0.2) is 34.9 Å². The molecule has 2 saturated heterocycles. The summed E-state index contributed by atoms with van der Waals surface area (Å²) in [4.78, 5) is 16.9. The van der Waals surface area contributed by atoms with Crippen molar-refractivity contribution < 1.29 is 23.9 Å². The van der Waals surface area contributed by atoms with Gasteiger partial charge in [0.1, 0.15) is 17.6 Å². The van der Waals surface area contributed by atoms with Crippen LogP contribution in [0.3, 0.4) is 0 Å². The number of likely N-dealkylation sites (tertiary alicyclic amines) is 1. The van der Waals surface area contributed by atoms with Gasteiger partial charge in [-0.1, -0.05) is 11.2 Å². The van der Waals surface area contributed by atoms with E-state index >= 15 is 0 Å². The van der Waals surface area contributed by atoms with Gasteiger partial charge in [-0.25, -0.2) is 0 Å². The quantitative estimate of drug-likeness (QED) is 0.800. The molecule has 3 aliphatic rings. The summed E-state index contributed by atoms with van der Waals surface area (Å²) in [5, 5.41) is 14.6. The van der Waals surface area contributed by atoms with Crippen molar-refractivity contribution in [3.8, 4) is 5.75 Å². The lowest BCUT2D eigenvalue weighted by Crippen LogP contribution is -2.42. The number of amides is 1. The molecule has 0 unspecified atom stereocenters. The van der Waals surface area contributed by atoms with Crippen LogP contribution in [0.2, 0.25) is 0 Å². The zero-order chi connectivity index (χ0) is 21.4. The van der Waals surface area contributed by atoms with Crippen molar-refractivity contribution in [2.45, 2.75) is 32.0 Å². The summed E-state index contributed by atoms with van der Waals surface area (Å²) < 4.78 is 16.7. The summed E-state index contributed by atoms with van der Waals surface area (Å²) in [6.45, 7) is 6.29. The van der Waals surface area contributed by atoms with Crippen molar-refractivity contribution in [2.24, 2.45) is 11.8 Å². The van der Waals surface area contributed by atoms with E-state index in [-0.39, 0.29) is 17.9 Å². The molecule has 1 aliphatic carbocycles. The largest absolute Gasteiger partial charge is 0.488 e. The molecule has 1 N–H and O–H groups in total. The van der Waals surface area contributed by atoms with Gasteiger partial charge in [0.05, 0.1) is 19.3 Å². The van der Waals surface area contributed by atoms with Crippen LogP contribution in [-0.2, 0) is 4.74 Å². The second-order valence-electron chi connectivity index (χ2n) is 8.84. The Balaban J connectivity index is 1.23. The Morgan fingerprint density at radius 3 is 2.68 bits per heavy atom. The number of benzene rings is 1. The van der Waals surface area contributed by atoms with Gasteiger partial charge in [0.2, 0.25) is 0 Å². The van der Waals surface area contributed by atoms with Crippen molar-refractivity contribution in [1.29, 1.82) is 0 Å². The second-order valence-corrected chi connectivity index (χ2v) is 8.84. The van der Waals surface area contributed by atoms with Crippen LogP contribution in [0.5, 0.6) is 5.75 Å². The molecule has 8 heteroatoms. The maximum atomic E-state index is 12.7. The Morgan fingerprint density at radius 1 is 1.16 bits per heavy atom. The number of morpholine rings is 1. The van der Waals surface area contributed by atoms with Gasteiger partial charge in [-0.2, -0.15) is 0 Å². The van der Waals surface area contributed by atoms with Gasteiger partial charge >= 0.3 is 0 Å². The predicted octanol–water partition coefficient (Wildman–Crippen LogP) is 2.11. The minimum Gasteiger partial charge on any atom is -0.488 e. The summed E-state index contributed by atoms with van der Waals surface area (Å²) in [7, 11) is 0. The van der Waals surface area contributed by atoms with E-state index in [1.165, 1.54) is 0 Å². The average Bonchev–Trinajstić information content (AvgIpc) is 3.40. The number of hydrogen-bond acceptors (Lipinski definition) is 7.